The Balaban J connectivity index is 1.62. The summed E-state index contributed by atoms with van der Waals surface area (Å²) in [7, 11) is 3.51. The average molecular weight is 467 g/mol. The molecule has 3 aliphatic rings. The Morgan fingerprint density at radius 3 is 2.59 bits per heavy atom. The minimum atomic E-state index is -0.992. The van der Waals surface area contributed by atoms with E-state index in [1.165, 1.54) is 0 Å². The first-order chi connectivity index (χ1) is 16.2. The number of amides is 2. The molecule has 0 radical (unpaired) electrons. The number of azo groups is 1. The van der Waals surface area contributed by atoms with E-state index in [0.717, 1.165) is 0 Å². The van der Waals surface area contributed by atoms with Crippen LogP contribution in [0.1, 0.15) is 27.4 Å². The predicted molar refractivity (Wildman–Crippen MR) is 120 cm³/mol. The summed E-state index contributed by atoms with van der Waals surface area (Å²) in [6.07, 6.45) is -0.964. The topological polar surface area (TPSA) is 150 Å². The highest BCUT2D eigenvalue weighted by Gasteiger charge is 2.74. The van der Waals surface area contributed by atoms with Crippen molar-refractivity contribution in [3.8, 4) is 11.5 Å². The van der Waals surface area contributed by atoms with Crippen LogP contribution in [0.25, 0.3) is 0 Å². The summed E-state index contributed by atoms with van der Waals surface area (Å²) in [4.78, 5) is 27.9. The van der Waals surface area contributed by atoms with E-state index >= 15 is 0 Å². The van der Waals surface area contributed by atoms with Gasteiger partial charge in [-0.25, -0.2) is 4.79 Å². The van der Waals surface area contributed by atoms with Crippen LogP contribution in [0.2, 0.25) is 0 Å². The number of benzene rings is 2. The number of carbonyl (C=O) groups is 2. The first kappa shape index (κ1) is 22.1. The number of carbonyl (C=O) groups excluding carboxylic acids is 2. The quantitative estimate of drug-likeness (QED) is 0.345. The number of phenolic OH excluding ortho intramolecular Hbond substituents is 2. The standard InChI is InChI=1S/C23H25N5O6/c1-11-16(25-26-21(31)12-7-5-4-6-8-12)19(30)15-13(10-34-22(24)32)23(33-3)20-14(27(20)2)9-28(23)17(15)18(11)29/h4-8,13-14,20,29-30H,9-10H2,1-3H3,(H2,24,32)/t13-,14+,20+,23-,27?/m1/s1. The summed E-state index contributed by atoms with van der Waals surface area (Å²) in [5.74, 6) is -1.64. The van der Waals surface area contributed by atoms with Crippen molar-refractivity contribution in [2.24, 2.45) is 16.0 Å². The van der Waals surface area contributed by atoms with Gasteiger partial charge in [-0.15, -0.1) is 10.2 Å². The summed E-state index contributed by atoms with van der Waals surface area (Å²) < 4.78 is 11.2. The Kier molecular flexibility index (Phi) is 4.99. The Hall–Kier alpha value is -3.70. The fourth-order valence-electron chi connectivity index (χ4n) is 5.59. The number of nitrogens with zero attached hydrogens (tertiary/aromatic N) is 4. The van der Waals surface area contributed by atoms with E-state index < -0.39 is 23.6 Å². The maximum absolute atomic E-state index is 12.4. The number of phenols is 2. The smallest absolute Gasteiger partial charge is 0.404 e. The van der Waals surface area contributed by atoms with Gasteiger partial charge in [-0.3, -0.25) is 9.69 Å². The molecule has 2 aromatic rings. The summed E-state index contributed by atoms with van der Waals surface area (Å²) in [6, 6.07) is 8.53. The van der Waals surface area contributed by atoms with Crippen LogP contribution < -0.4 is 10.6 Å². The molecule has 4 N–H and O–H groups in total. The number of nitrogens with two attached hydrogens (primary N) is 1. The normalized spacial score (nSPS) is 28.5. The van der Waals surface area contributed by atoms with Gasteiger partial charge in [-0.05, 0) is 26.1 Å². The van der Waals surface area contributed by atoms with E-state index in [2.05, 4.69) is 15.1 Å². The van der Waals surface area contributed by atoms with Crippen molar-refractivity contribution in [3.63, 3.8) is 0 Å². The van der Waals surface area contributed by atoms with Crippen LogP contribution in [-0.2, 0) is 9.47 Å². The van der Waals surface area contributed by atoms with Gasteiger partial charge in [0.2, 0.25) is 0 Å². The van der Waals surface area contributed by atoms with Crippen molar-refractivity contribution < 1.29 is 29.3 Å². The lowest BCUT2D eigenvalue weighted by Crippen LogP contribution is -2.54. The zero-order valence-electron chi connectivity index (χ0n) is 18.9. The lowest BCUT2D eigenvalue weighted by molar-refractivity contribution is -0.0429. The second-order valence-electron chi connectivity index (χ2n) is 8.73. The summed E-state index contributed by atoms with van der Waals surface area (Å²) in [5, 5.41) is 30.3. The van der Waals surface area contributed by atoms with Crippen LogP contribution in [0.5, 0.6) is 11.5 Å². The van der Waals surface area contributed by atoms with Crippen molar-refractivity contribution in [2.75, 3.05) is 32.2 Å². The molecule has 5 atom stereocenters. The number of primary amides is 1. The molecule has 11 nitrogen and oxygen atoms in total. The highest BCUT2D eigenvalue weighted by molar-refractivity contribution is 5.95. The number of aromatic hydroxyl groups is 2. The molecule has 3 aliphatic heterocycles. The van der Waals surface area contributed by atoms with E-state index in [4.69, 9.17) is 15.2 Å². The Morgan fingerprint density at radius 1 is 1.24 bits per heavy atom. The maximum Gasteiger partial charge on any atom is 0.404 e. The van der Waals surface area contributed by atoms with E-state index in [1.54, 1.807) is 44.4 Å². The van der Waals surface area contributed by atoms with Gasteiger partial charge in [-0.2, -0.15) is 0 Å². The molecule has 2 saturated heterocycles. The van der Waals surface area contributed by atoms with Gasteiger partial charge in [0, 0.05) is 36.4 Å². The molecule has 2 aromatic carbocycles. The minimum Gasteiger partial charge on any atom is -0.505 e. The second-order valence-corrected chi connectivity index (χ2v) is 8.73. The molecule has 0 bridgehead atoms. The molecular weight excluding hydrogens is 442 g/mol. The third-order valence-corrected chi connectivity index (χ3v) is 7.22. The largest absolute Gasteiger partial charge is 0.505 e. The number of fused-ring (bicyclic) bond motifs is 5. The number of likely N-dealkylation sites (N-methyl/N-ethyl adjacent to an activating group) is 1. The number of hydrogen-bond donors (Lipinski definition) is 3. The van der Waals surface area contributed by atoms with Gasteiger partial charge in [0.15, 0.2) is 5.72 Å². The maximum atomic E-state index is 12.4. The lowest BCUT2D eigenvalue weighted by atomic mass is 9.88. The van der Waals surface area contributed by atoms with Gasteiger partial charge < -0.3 is 30.3 Å². The number of hydrogen-bond acceptors (Lipinski definition) is 9. The summed E-state index contributed by atoms with van der Waals surface area (Å²) in [6.45, 7) is 1.95. The molecule has 0 aliphatic carbocycles. The van der Waals surface area contributed by atoms with Crippen LogP contribution in [0.4, 0.5) is 16.2 Å². The molecule has 1 unspecified atom stereocenters. The monoisotopic (exact) mass is 467 g/mol. The molecule has 0 aromatic heterocycles. The molecule has 0 spiro atoms. The lowest BCUT2D eigenvalue weighted by Gasteiger charge is -2.39. The SMILES string of the molecule is CO[C@@]12[C@H](COC(N)=O)c3c(O)c(N=NC(=O)c4ccccc4)c(C)c(O)c3N1C[C@H]1[C@@H]2N1C. The van der Waals surface area contributed by atoms with Crippen molar-refractivity contribution in [1.82, 2.24) is 4.90 Å². The molecular formula is C23H25N5O6. The molecule has 5 rings (SSSR count). The molecule has 3 heterocycles. The van der Waals surface area contributed by atoms with Crippen molar-refractivity contribution in [2.45, 2.75) is 30.7 Å². The van der Waals surface area contributed by atoms with Crippen molar-refractivity contribution >= 4 is 23.4 Å². The van der Waals surface area contributed by atoms with E-state index in [0.29, 0.717) is 23.4 Å². The number of rotatable bonds is 5. The fourth-order valence-corrected chi connectivity index (χ4v) is 5.59. The average Bonchev–Trinajstić information content (AvgIpc) is 3.20. The van der Waals surface area contributed by atoms with Crippen LogP contribution in [-0.4, -0.2) is 72.2 Å². The first-order valence-electron chi connectivity index (χ1n) is 10.8. The Labute approximate surface area is 195 Å². The van der Waals surface area contributed by atoms with Crippen LogP contribution in [0, 0.1) is 6.92 Å². The highest BCUT2D eigenvalue weighted by atomic mass is 16.6. The molecule has 11 heteroatoms. The summed E-state index contributed by atoms with van der Waals surface area (Å²) >= 11 is 0. The number of ether oxygens (including phenoxy) is 2. The van der Waals surface area contributed by atoms with Crippen molar-refractivity contribution in [1.29, 1.82) is 0 Å². The molecule has 178 valence electrons. The predicted octanol–water partition coefficient (Wildman–Crippen LogP) is 2.37. The third-order valence-electron chi connectivity index (χ3n) is 7.22. The van der Waals surface area contributed by atoms with Gasteiger partial charge in [0.25, 0.3) is 5.91 Å². The van der Waals surface area contributed by atoms with Crippen LogP contribution in [0.15, 0.2) is 40.6 Å². The van der Waals surface area contributed by atoms with Crippen LogP contribution in [0.3, 0.4) is 0 Å². The van der Waals surface area contributed by atoms with Gasteiger partial charge in [0.05, 0.1) is 17.6 Å². The minimum absolute atomic E-state index is 0.0438. The number of methoxy groups -OCH3 is 1. The number of piperazine rings is 1. The zero-order chi connectivity index (χ0) is 24.4. The molecule has 2 amide bonds. The van der Waals surface area contributed by atoms with E-state index in [9.17, 15) is 19.8 Å². The summed E-state index contributed by atoms with van der Waals surface area (Å²) in [5.41, 5.74) is 5.50. The van der Waals surface area contributed by atoms with Gasteiger partial charge in [-0.1, -0.05) is 18.2 Å². The van der Waals surface area contributed by atoms with E-state index in [-0.39, 0.29) is 41.4 Å². The number of anilines is 1. The molecule has 0 saturated carbocycles. The van der Waals surface area contributed by atoms with Crippen molar-refractivity contribution in [3.05, 3.63) is 47.0 Å². The second kappa shape index (κ2) is 7.67. The highest BCUT2D eigenvalue weighted by Crippen LogP contribution is 2.66. The molecule has 34 heavy (non-hydrogen) atoms. The van der Waals surface area contributed by atoms with Gasteiger partial charge in [0.1, 0.15) is 23.8 Å². The van der Waals surface area contributed by atoms with Gasteiger partial charge >= 0.3 is 6.09 Å². The fraction of sp³-hybridized carbons (Fsp3) is 0.391. The first-order valence-corrected chi connectivity index (χ1v) is 10.8. The zero-order valence-corrected chi connectivity index (χ0v) is 18.9. The van der Waals surface area contributed by atoms with Crippen LogP contribution >= 0.6 is 0 Å². The van der Waals surface area contributed by atoms with E-state index in [1.807, 2.05) is 11.9 Å². The Bertz CT molecular complexity index is 1220. The molecule has 2 fully saturated rings. The third kappa shape index (κ3) is 2.90. The Morgan fingerprint density at radius 2 is 1.94 bits per heavy atom.